The van der Waals surface area contributed by atoms with Crippen LogP contribution in [0.1, 0.15) is 5.69 Å². The van der Waals surface area contributed by atoms with Crippen LogP contribution >= 0.6 is 0 Å². The monoisotopic (exact) mass is 413 g/mol. The maximum Gasteiger partial charge on any atom is 0.416 e. The Morgan fingerprint density at radius 1 is 1.21 bits per heavy atom. The number of rotatable bonds is 6. The molecule has 0 atom stereocenters. The topological polar surface area (TPSA) is 99.5 Å². The van der Waals surface area contributed by atoms with Crippen molar-refractivity contribution >= 4 is 30.8 Å². The highest BCUT2D eigenvalue weighted by Gasteiger charge is 2.20. The van der Waals surface area contributed by atoms with Crippen LogP contribution in [-0.4, -0.2) is 35.0 Å². The Labute approximate surface area is 170 Å². The predicted octanol–water partition coefficient (Wildman–Crippen LogP) is 4.20. The van der Waals surface area contributed by atoms with Crippen LogP contribution in [0.2, 0.25) is 25.7 Å². The number of carbonyl (C=O) groups is 1. The lowest BCUT2D eigenvalue weighted by molar-refractivity contribution is 0.0836. The molecule has 154 valence electrons. The molecule has 0 radical (unpaired) electrons. The fraction of sp³-hybridized carbons (Fsp3) is 0.333. The zero-order valence-corrected chi connectivity index (χ0v) is 18.2. The standard InChI is InChI=1S/C21H27N3O4Si/c1-14-17(22)12-16(20(25)23(14)13-28-9-10-29(2,3)4)19-11-15-7-5-6-8-18(15)24(19)21(26)27/h5-8,11-12H,9-10,13,22H2,1-4H3,(H,26,27). The average Bonchev–Trinajstić information content (AvgIpc) is 3.02. The number of carboxylic acid groups (broad SMARTS) is 1. The van der Waals surface area contributed by atoms with Crippen molar-refractivity contribution in [2.45, 2.75) is 39.3 Å². The smallest absolute Gasteiger partial charge is 0.416 e. The minimum atomic E-state index is -1.24. The number of pyridine rings is 1. The van der Waals surface area contributed by atoms with Crippen molar-refractivity contribution in [2.75, 3.05) is 12.3 Å². The van der Waals surface area contributed by atoms with E-state index in [-0.39, 0.29) is 17.9 Å². The Morgan fingerprint density at radius 2 is 1.90 bits per heavy atom. The zero-order chi connectivity index (χ0) is 21.3. The van der Waals surface area contributed by atoms with E-state index in [1.807, 2.05) is 12.1 Å². The van der Waals surface area contributed by atoms with Gasteiger partial charge in [0, 0.05) is 25.8 Å². The highest BCUT2D eigenvalue weighted by Crippen LogP contribution is 2.28. The van der Waals surface area contributed by atoms with Gasteiger partial charge in [-0.15, -0.1) is 0 Å². The number of fused-ring (bicyclic) bond motifs is 1. The summed E-state index contributed by atoms with van der Waals surface area (Å²) >= 11 is 0. The predicted molar refractivity (Wildman–Crippen MR) is 118 cm³/mol. The first-order chi connectivity index (χ1) is 13.6. The summed E-state index contributed by atoms with van der Waals surface area (Å²) in [5, 5.41) is 10.5. The van der Waals surface area contributed by atoms with Gasteiger partial charge in [-0.05, 0) is 31.2 Å². The van der Waals surface area contributed by atoms with E-state index >= 15 is 0 Å². The Balaban J connectivity index is 2.07. The third-order valence-electron chi connectivity index (χ3n) is 4.99. The Morgan fingerprint density at radius 3 is 2.55 bits per heavy atom. The Bertz CT molecular complexity index is 1130. The fourth-order valence-corrected chi connectivity index (χ4v) is 3.96. The van der Waals surface area contributed by atoms with Gasteiger partial charge in [-0.2, -0.15) is 0 Å². The summed E-state index contributed by atoms with van der Waals surface area (Å²) in [7, 11) is -1.24. The van der Waals surface area contributed by atoms with Crippen molar-refractivity contribution in [3.05, 3.63) is 52.4 Å². The number of benzene rings is 1. The number of hydrogen-bond acceptors (Lipinski definition) is 4. The molecule has 0 aliphatic heterocycles. The van der Waals surface area contributed by atoms with Gasteiger partial charge in [-0.25, -0.2) is 9.36 Å². The second-order valence-corrected chi connectivity index (χ2v) is 14.0. The molecule has 0 spiro atoms. The van der Waals surface area contributed by atoms with Crippen molar-refractivity contribution < 1.29 is 14.6 Å². The van der Waals surface area contributed by atoms with Gasteiger partial charge in [-0.3, -0.25) is 9.36 Å². The van der Waals surface area contributed by atoms with Gasteiger partial charge in [0.05, 0.1) is 22.5 Å². The van der Waals surface area contributed by atoms with Gasteiger partial charge in [0.15, 0.2) is 0 Å². The molecule has 2 heterocycles. The maximum atomic E-state index is 13.2. The molecule has 0 bridgehead atoms. The van der Waals surface area contributed by atoms with Gasteiger partial charge < -0.3 is 15.6 Å². The number of hydrogen-bond donors (Lipinski definition) is 2. The highest BCUT2D eigenvalue weighted by molar-refractivity contribution is 6.76. The first-order valence-corrected chi connectivity index (χ1v) is 13.2. The summed E-state index contributed by atoms with van der Waals surface area (Å²) in [6.07, 6.45) is -1.15. The number of aromatic nitrogens is 2. The van der Waals surface area contributed by atoms with Gasteiger partial charge in [0.25, 0.3) is 5.56 Å². The molecule has 29 heavy (non-hydrogen) atoms. The van der Waals surface area contributed by atoms with Crippen LogP contribution in [0.15, 0.2) is 41.2 Å². The zero-order valence-electron chi connectivity index (χ0n) is 17.2. The van der Waals surface area contributed by atoms with E-state index in [9.17, 15) is 14.7 Å². The average molecular weight is 414 g/mol. The quantitative estimate of drug-likeness (QED) is 0.466. The normalized spacial score (nSPS) is 11.9. The molecule has 0 saturated carbocycles. The van der Waals surface area contributed by atoms with Crippen molar-refractivity contribution in [3.63, 3.8) is 0 Å². The second kappa shape index (κ2) is 7.88. The number of anilines is 1. The first-order valence-electron chi connectivity index (χ1n) is 9.52. The molecule has 8 heteroatoms. The van der Waals surface area contributed by atoms with Crippen LogP contribution in [0.25, 0.3) is 22.2 Å². The summed E-state index contributed by atoms with van der Waals surface area (Å²) in [6.45, 7) is 9.20. The molecule has 2 aromatic heterocycles. The van der Waals surface area contributed by atoms with E-state index in [1.165, 1.54) is 4.57 Å². The minimum absolute atomic E-state index is 0.0838. The molecule has 0 aliphatic rings. The molecular weight excluding hydrogens is 386 g/mol. The van der Waals surface area contributed by atoms with E-state index in [4.69, 9.17) is 10.5 Å². The fourth-order valence-electron chi connectivity index (χ4n) is 3.21. The summed E-state index contributed by atoms with van der Waals surface area (Å²) in [4.78, 5) is 25.1. The molecule has 0 fully saturated rings. The third-order valence-corrected chi connectivity index (χ3v) is 6.70. The lowest BCUT2D eigenvalue weighted by Gasteiger charge is -2.18. The number of nitrogen functional groups attached to an aromatic ring is 1. The molecule has 3 N–H and O–H groups in total. The van der Waals surface area contributed by atoms with E-state index in [0.29, 0.717) is 29.2 Å². The number of ether oxygens (including phenoxy) is 1. The molecule has 1 aromatic carbocycles. The summed E-state index contributed by atoms with van der Waals surface area (Å²) in [5.74, 6) is 0. The summed E-state index contributed by atoms with van der Waals surface area (Å²) < 4.78 is 8.35. The van der Waals surface area contributed by atoms with E-state index in [2.05, 4.69) is 19.6 Å². The van der Waals surface area contributed by atoms with Gasteiger partial charge >= 0.3 is 6.09 Å². The van der Waals surface area contributed by atoms with Crippen molar-refractivity contribution in [1.29, 1.82) is 0 Å². The van der Waals surface area contributed by atoms with Gasteiger partial charge in [0.1, 0.15) is 6.73 Å². The third kappa shape index (κ3) is 4.28. The number of para-hydroxylation sites is 1. The van der Waals surface area contributed by atoms with Crippen LogP contribution in [0.4, 0.5) is 10.5 Å². The van der Waals surface area contributed by atoms with Crippen LogP contribution < -0.4 is 11.3 Å². The highest BCUT2D eigenvalue weighted by atomic mass is 28.3. The molecule has 7 nitrogen and oxygen atoms in total. The lowest BCUT2D eigenvalue weighted by atomic mass is 10.1. The molecule has 0 unspecified atom stereocenters. The van der Waals surface area contributed by atoms with Crippen LogP contribution in [0.3, 0.4) is 0 Å². The van der Waals surface area contributed by atoms with Crippen LogP contribution in [-0.2, 0) is 11.5 Å². The maximum absolute atomic E-state index is 13.2. The molecule has 3 rings (SSSR count). The second-order valence-electron chi connectivity index (χ2n) is 8.39. The van der Waals surface area contributed by atoms with E-state index in [1.54, 1.807) is 31.2 Å². The molecule has 0 saturated heterocycles. The van der Waals surface area contributed by atoms with E-state index in [0.717, 1.165) is 16.0 Å². The minimum Gasteiger partial charge on any atom is -0.464 e. The lowest BCUT2D eigenvalue weighted by Crippen LogP contribution is -2.28. The van der Waals surface area contributed by atoms with Gasteiger partial charge in [-0.1, -0.05) is 37.8 Å². The van der Waals surface area contributed by atoms with Gasteiger partial charge in [0.2, 0.25) is 0 Å². The SMILES string of the molecule is Cc1c(N)cc(-c2cc3ccccc3n2C(=O)O)c(=O)n1COCC[Si](C)(C)C. The molecule has 0 aliphatic carbocycles. The molecule has 0 amide bonds. The Hall–Kier alpha value is -2.84. The Kier molecular flexibility index (Phi) is 5.68. The van der Waals surface area contributed by atoms with Crippen molar-refractivity contribution in [3.8, 4) is 11.3 Å². The first kappa shape index (κ1) is 20.9. The van der Waals surface area contributed by atoms with Crippen LogP contribution in [0, 0.1) is 6.92 Å². The van der Waals surface area contributed by atoms with Crippen molar-refractivity contribution in [1.82, 2.24) is 9.13 Å². The molecule has 3 aromatic rings. The molecular formula is C21H27N3O4Si. The number of nitrogens with zero attached hydrogens (tertiary/aromatic N) is 2. The van der Waals surface area contributed by atoms with Crippen molar-refractivity contribution in [2.24, 2.45) is 0 Å². The van der Waals surface area contributed by atoms with E-state index < -0.39 is 14.2 Å². The summed E-state index contributed by atoms with van der Waals surface area (Å²) in [6, 6.07) is 11.3. The summed E-state index contributed by atoms with van der Waals surface area (Å²) in [5.41, 5.74) is 7.90. The number of nitrogens with two attached hydrogens (primary N) is 1. The van der Waals surface area contributed by atoms with Crippen LogP contribution in [0.5, 0.6) is 0 Å². The largest absolute Gasteiger partial charge is 0.464 e.